The molecule has 0 aromatic heterocycles. The highest BCUT2D eigenvalue weighted by molar-refractivity contribution is 5.79. The molecule has 134 valence electrons. The fourth-order valence-corrected chi connectivity index (χ4v) is 3.05. The van der Waals surface area contributed by atoms with Crippen LogP contribution in [0.25, 0.3) is 0 Å². The number of hydrogen-bond acceptors (Lipinski definition) is 4. The SMILES string of the molecule is CCCCC(C)C(OC)C(=CC[C@@H]1CCCCO1)NC(=O)CN. The van der Waals surface area contributed by atoms with E-state index in [1.807, 2.05) is 0 Å². The summed E-state index contributed by atoms with van der Waals surface area (Å²) in [7, 11) is 1.70. The molecule has 5 heteroatoms. The highest BCUT2D eigenvalue weighted by Gasteiger charge is 2.23. The van der Waals surface area contributed by atoms with E-state index in [0.717, 1.165) is 50.8 Å². The van der Waals surface area contributed by atoms with E-state index in [1.54, 1.807) is 7.11 Å². The van der Waals surface area contributed by atoms with Crippen LogP contribution in [0.3, 0.4) is 0 Å². The number of unbranched alkanes of at least 4 members (excludes halogenated alkanes) is 1. The Kier molecular flexibility index (Phi) is 10.2. The average Bonchev–Trinajstić information content (AvgIpc) is 2.58. The molecule has 1 amide bonds. The van der Waals surface area contributed by atoms with Crippen molar-refractivity contribution in [2.45, 2.75) is 71.0 Å². The highest BCUT2D eigenvalue weighted by atomic mass is 16.5. The molecule has 1 fully saturated rings. The van der Waals surface area contributed by atoms with Crippen LogP contribution in [0.15, 0.2) is 11.8 Å². The summed E-state index contributed by atoms with van der Waals surface area (Å²) in [5.74, 6) is 0.169. The summed E-state index contributed by atoms with van der Waals surface area (Å²) in [6, 6.07) is 0. The summed E-state index contributed by atoms with van der Waals surface area (Å²) in [5, 5.41) is 2.93. The van der Waals surface area contributed by atoms with Gasteiger partial charge in [-0.1, -0.05) is 32.8 Å². The number of methoxy groups -OCH3 is 1. The van der Waals surface area contributed by atoms with E-state index < -0.39 is 0 Å². The molecular weight excluding hydrogens is 292 g/mol. The van der Waals surface area contributed by atoms with Crippen LogP contribution in [0.5, 0.6) is 0 Å². The molecule has 0 radical (unpaired) electrons. The van der Waals surface area contributed by atoms with Crippen molar-refractivity contribution in [1.29, 1.82) is 0 Å². The number of amides is 1. The first kappa shape index (κ1) is 20.1. The van der Waals surface area contributed by atoms with Crippen LogP contribution in [0.1, 0.15) is 58.8 Å². The second-order valence-electron chi connectivity index (χ2n) is 6.41. The first-order valence-electron chi connectivity index (χ1n) is 8.96. The third-order valence-electron chi connectivity index (χ3n) is 4.43. The number of hydrogen-bond donors (Lipinski definition) is 2. The fourth-order valence-electron chi connectivity index (χ4n) is 3.05. The summed E-state index contributed by atoms with van der Waals surface area (Å²) >= 11 is 0. The first-order valence-corrected chi connectivity index (χ1v) is 8.96. The topological polar surface area (TPSA) is 73.6 Å². The number of carbonyl (C=O) groups excluding carboxylic acids is 1. The van der Waals surface area contributed by atoms with Gasteiger partial charge in [0.2, 0.25) is 5.91 Å². The molecule has 23 heavy (non-hydrogen) atoms. The zero-order valence-electron chi connectivity index (χ0n) is 15.0. The van der Waals surface area contributed by atoms with Crippen LogP contribution in [0.4, 0.5) is 0 Å². The normalized spacial score (nSPS) is 21.7. The van der Waals surface area contributed by atoms with Crippen LogP contribution in [-0.2, 0) is 14.3 Å². The maximum Gasteiger partial charge on any atom is 0.237 e. The van der Waals surface area contributed by atoms with Gasteiger partial charge in [0.1, 0.15) is 0 Å². The molecule has 1 rings (SSSR count). The molecule has 1 aliphatic heterocycles. The van der Waals surface area contributed by atoms with Gasteiger partial charge in [-0.3, -0.25) is 4.79 Å². The summed E-state index contributed by atoms with van der Waals surface area (Å²) in [6.07, 6.45) is 9.84. The predicted octanol–water partition coefficient (Wildman–Crippen LogP) is 2.75. The zero-order valence-corrected chi connectivity index (χ0v) is 15.0. The Labute approximate surface area is 141 Å². The van der Waals surface area contributed by atoms with E-state index >= 15 is 0 Å². The maximum atomic E-state index is 11.8. The quantitative estimate of drug-likeness (QED) is 0.647. The number of rotatable bonds is 10. The average molecular weight is 326 g/mol. The summed E-state index contributed by atoms with van der Waals surface area (Å²) in [5.41, 5.74) is 6.29. The van der Waals surface area contributed by atoms with Gasteiger partial charge in [-0.2, -0.15) is 0 Å². The highest BCUT2D eigenvalue weighted by Crippen LogP contribution is 2.22. The van der Waals surface area contributed by atoms with Crippen molar-refractivity contribution in [3.8, 4) is 0 Å². The van der Waals surface area contributed by atoms with Gasteiger partial charge in [0, 0.05) is 19.4 Å². The third kappa shape index (κ3) is 7.46. The van der Waals surface area contributed by atoms with E-state index in [1.165, 1.54) is 6.42 Å². The molecular formula is C18H34N2O3. The van der Waals surface area contributed by atoms with Crippen LogP contribution in [-0.4, -0.2) is 38.4 Å². The molecule has 5 nitrogen and oxygen atoms in total. The summed E-state index contributed by atoms with van der Waals surface area (Å²) < 4.78 is 11.5. The van der Waals surface area contributed by atoms with Gasteiger partial charge in [-0.15, -0.1) is 0 Å². The Morgan fingerprint density at radius 1 is 1.48 bits per heavy atom. The third-order valence-corrected chi connectivity index (χ3v) is 4.43. The molecule has 0 spiro atoms. The van der Waals surface area contributed by atoms with Crippen molar-refractivity contribution in [3.05, 3.63) is 11.8 Å². The first-order chi connectivity index (χ1) is 11.1. The smallest absolute Gasteiger partial charge is 0.237 e. The van der Waals surface area contributed by atoms with Gasteiger partial charge in [-0.05, 0) is 38.0 Å². The van der Waals surface area contributed by atoms with Gasteiger partial charge in [0.15, 0.2) is 0 Å². The Morgan fingerprint density at radius 2 is 2.26 bits per heavy atom. The Morgan fingerprint density at radius 3 is 2.83 bits per heavy atom. The monoisotopic (exact) mass is 326 g/mol. The van der Waals surface area contributed by atoms with Crippen molar-refractivity contribution in [1.82, 2.24) is 5.32 Å². The second kappa shape index (κ2) is 11.6. The molecule has 1 heterocycles. The number of nitrogens with one attached hydrogen (secondary N) is 1. The van der Waals surface area contributed by atoms with E-state index in [4.69, 9.17) is 15.2 Å². The van der Waals surface area contributed by atoms with Crippen molar-refractivity contribution in [2.75, 3.05) is 20.3 Å². The van der Waals surface area contributed by atoms with Gasteiger partial charge in [-0.25, -0.2) is 0 Å². The molecule has 0 aromatic rings. The van der Waals surface area contributed by atoms with E-state index in [2.05, 4.69) is 25.2 Å². The lowest BCUT2D eigenvalue weighted by Crippen LogP contribution is -2.38. The molecule has 3 N–H and O–H groups in total. The lowest BCUT2D eigenvalue weighted by Gasteiger charge is -2.27. The molecule has 3 atom stereocenters. The Hall–Kier alpha value is -0.910. The summed E-state index contributed by atoms with van der Waals surface area (Å²) in [6.45, 7) is 5.17. The van der Waals surface area contributed by atoms with Gasteiger partial charge >= 0.3 is 0 Å². The maximum absolute atomic E-state index is 11.8. The number of nitrogens with two attached hydrogens (primary N) is 1. The minimum absolute atomic E-state index is 0.0168. The van der Waals surface area contributed by atoms with Gasteiger partial charge in [0.05, 0.1) is 18.8 Å². The molecule has 0 saturated carbocycles. The molecule has 0 bridgehead atoms. The van der Waals surface area contributed by atoms with Crippen molar-refractivity contribution >= 4 is 5.91 Å². The number of carbonyl (C=O) groups is 1. The Bertz CT molecular complexity index is 365. The van der Waals surface area contributed by atoms with Crippen molar-refractivity contribution in [3.63, 3.8) is 0 Å². The molecule has 1 aliphatic rings. The van der Waals surface area contributed by atoms with Crippen LogP contribution >= 0.6 is 0 Å². The van der Waals surface area contributed by atoms with Gasteiger partial charge in [0.25, 0.3) is 0 Å². The lowest BCUT2D eigenvalue weighted by atomic mass is 9.94. The Balaban J connectivity index is 2.76. The molecule has 0 aromatic carbocycles. The predicted molar refractivity (Wildman–Crippen MR) is 93.0 cm³/mol. The van der Waals surface area contributed by atoms with Crippen molar-refractivity contribution < 1.29 is 14.3 Å². The van der Waals surface area contributed by atoms with Crippen LogP contribution in [0, 0.1) is 5.92 Å². The molecule has 1 saturated heterocycles. The second-order valence-corrected chi connectivity index (χ2v) is 6.41. The van der Waals surface area contributed by atoms with Crippen molar-refractivity contribution in [2.24, 2.45) is 11.7 Å². The largest absolute Gasteiger partial charge is 0.378 e. The minimum atomic E-state index is -0.175. The van der Waals surface area contributed by atoms with E-state index in [9.17, 15) is 4.79 Å². The van der Waals surface area contributed by atoms with E-state index in [-0.39, 0.29) is 24.7 Å². The van der Waals surface area contributed by atoms with Gasteiger partial charge < -0.3 is 20.5 Å². The lowest BCUT2D eigenvalue weighted by molar-refractivity contribution is -0.119. The van der Waals surface area contributed by atoms with Crippen LogP contribution < -0.4 is 11.1 Å². The minimum Gasteiger partial charge on any atom is -0.378 e. The standard InChI is InChI=1S/C18H34N2O3/c1-4-5-8-14(2)18(22-3)16(20-17(21)13-19)11-10-15-9-6-7-12-23-15/h11,14-15,18H,4-10,12-13,19H2,1-3H3,(H,20,21)/t14?,15-,18?/m0/s1. The molecule has 2 unspecified atom stereocenters. The summed E-state index contributed by atoms with van der Waals surface area (Å²) in [4.78, 5) is 11.8. The molecule has 0 aliphatic carbocycles. The van der Waals surface area contributed by atoms with E-state index in [0.29, 0.717) is 5.92 Å². The number of ether oxygens (including phenoxy) is 2. The van der Waals surface area contributed by atoms with Crippen LogP contribution in [0.2, 0.25) is 0 Å². The zero-order chi connectivity index (χ0) is 17.1. The fraction of sp³-hybridized carbons (Fsp3) is 0.833.